The lowest BCUT2D eigenvalue weighted by molar-refractivity contribution is -0.114. The molecule has 0 N–H and O–H groups in total. The number of para-hydroxylation sites is 2. The predicted molar refractivity (Wildman–Crippen MR) is 118 cm³/mol. The van der Waals surface area contributed by atoms with Crippen LogP contribution in [0.15, 0.2) is 48.5 Å². The average molecular weight is 404 g/mol. The Morgan fingerprint density at radius 3 is 2.37 bits per heavy atom. The van der Waals surface area contributed by atoms with Crippen LogP contribution in [0.3, 0.4) is 0 Å². The maximum Gasteiger partial charge on any atom is 0.252 e. The highest BCUT2D eigenvalue weighted by Gasteiger charge is 2.25. The molecule has 0 spiro atoms. The third kappa shape index (κ3) is 3.78. The summed E-state index contributed by atoms with van der Waals surface area (Å²) >= 11 is 0. The van der Waals surface area contributed by atoms with Gasteiger partial charge < -0.3 is 14.4 Å². The fourth-order valence-electron chi connectivity index (χ4n) is 3.52. The van der Waals surface area contributed by atoms with Crippen LogP contribution in [0, 0.1) is 0 Å². The van der Waals surface area contributed by atoms with Gasteiger partial charge >= 0.3 is 0 Å². The number of nitrogens with zero attached hydrogens (tertiary/aromatic N) is 4. The van der Waals surface area contributed by atoms with Gasteiger partial charge in [-0.2, -0.15) is 0 Å². The van der Waals surface area contributed by atoms with Crippen molar-refractivity contribution in [2.45, 2.75) is 6.42 Å². The van der Waals surface area contributed by atoms with E-state index < -0.39 is 0 Å². The molecule has 2 heterocycles. The number of carbonyl (C=O) groups is 1. The number of aromatic nitrogens is 2. The summed E-state index contributed by atoms with van der Waals surface area (Å²) in [5.74, 6) is 2.44. The number of ether oxygens (including phenoxy) is 2. The van der Waals surface area contributed by atoms with Crippen LogP contribution in [-0.2, 0) is 4.79 Å². The van der Waals surface area contributed by atoms with Crippen molar-refractivity contribution in [2.75, 3.05) is 44.2 Å². The van der Waals surface area contributed by atoms with E-state index in [-0.39, 0.29) is 5.91 Å². The first-order valence-electron chi connectivity index (χ1n) is 9.80. The summed E-state index contributed by atoms with van der Waals surface area (Å²) in [6, 6.07) is 13.2. The Balaban J connectivity index is 1.67. The molecule has 0 radical (unpaired) electrons. The van der Waals surface area contributed by atoms with E-state index in [2.05, 4.69) is 4.90 Å². The molecule has 0 atom stereocenters. The number of carbonyl (C=O) groups excluding carboxylic acids is 1. The van der Waals surface area contributed by atoms with Crippen LogP contribution in [0.25, 0.3) is 17.1 Å². The van der Waals surface area contributed by atoms with Gasteiger partial charge in [-0.25, -0.2) is 9.97 Å². The minimum atomic E-state index is -0.133. The number of rotatable bonds is 4. The second-order valence-corrected chi connectivity index (χ2v) is 7.07. The summed E-state index contributed by atoms with van der Waals surface area (Å²) in [5.41, 5.74) is 2.43. The summed E-state index contributed by atoms with van der Waals surface area (Å²) in [6.45, 7) is 1.39. The number of benzene rings is 2. The molecular weight excluding hydrogens is 380 g/mol. The van der Waals surface area contributed by atoms with Gasteiger partial charge in [-0.05, 0) is 42.3 Å². The van der Waals surface area contributed by atoms with Gasteiger partial charge in [-0.1, -0.05) is 18.2 Å². The van der Waals surface area contributed by atoms with Crippen LogP contribution in [0.5, 0.6) is 11.5 Å². The second-order valence-electron chi connectivity index (χ2n) is 7.07. The molecule has 0 unspecified atom stereocenters. The molecule has 0 saturated carbocycles. The third-order valence-corrected chi connectivity index (χ3v) is 5.12. The first kappa shape index (κ1) is 19.7. The van der Waals surface area contributed by atoms with E-state index in [4.69, 9.17) is 19.4 Å². The summed E-state index contributed by atoms with van der Waals surface area (Å²) in [6.07, 6.45) is 4.17. The maximum atomic E-state index is 13.1. The van der Waals surface area contributed by atoms with Gasteiger partial charge in [-0.15, -0.1) is 0 Å². The molecule has 1 amide bonds. The van der Waals surface area contributed by atoms with E-state index in [0.29, 0.717) is 23.9 Å². The van der Waals surface area contributed by atoms with Crippen molar-refractivity contribution >= 4 is 34.7 Å². The summed E-state index contributed by atoms with van der Waals surface area (Å²) in [5, 5.41) is 0. The van der Waals surface area contributed by atoms with Gasteiger partial charge in [0.15, 0.2) is 23.1 Å². The SMILES string of the molecule is COc1ccc(/C=C/C(=O)N2CCCN(C)c3nc4ccccc4nc32)cc1OC. The molecule has 4 rings (SSSR count). The van der Waals surface area contributed by atoms with Crippen LogP contribution < -0.4 is 19.3 Å². The molecule has 1 aliphatic heterocycles. The Morgan fingerprint density at radius 1 is 0.967 bits per heavy atom. The Morgan fingerprint density at radius 2 is 1.67 bits per heavy atom. The Kier molecular flexibility index (Phi) is 5.52. The summed E-state index contributed by atoms with van der Waals surface area (Å²) < 4.78 is 10.6. The highest BCUT2D eigenvalue weighted by Crippen LogP contribution is 2.31. The fraction of sp³-hybridized carbons (Fsp3) is 0.261. The van der Waals surface area contributed by atoms with Crippen molar-refractivity contribution in [3.8, 4) is 11.5 Å². The molecular formula is C23H24N4O3. The number of anilines is 2. The first-order valence-corrected chi connectivity index (χ1v) is 9.80. The molecule has 0 fully saturated rings. The minimum absolute atomic E-state index is 0.133. The smallest absolute Gasteiger partial charge is 0.252 e. The average Bonchev–Trinajstić information content (AvgIpc) is 2.94. The van der Waals surface area contributed by atoms with E-state index >= 15 is 0 Å². The molecule has 7 heteroatoms. The van der Waals surface area contributed by atoms with Crippen molar-refractivity contribution in [3.05, 3.63) is 54.1 Å². The topological polar surface area (TPSA) is 67.8 Å². The number of methoxy groups -OCH3 is 2. The molecule has 154 valence electrons. The number of fused-ring (bicyclic) bond motifs is 2. The van der Waals surface area contributed by atoms with Crippen molar-refractivity contribution in [2.24, 2.45) is 0 Å². The lowest BCUT2D eigenvalue weighted by Crippen LogP contribution is -2.30. The molecule has 30 heavy (non-hydrogen) atoms. The normalized spacial score (nSPS) is 14.0. The second kappa shape index (κ2) is 8.41. The standard InChI is InChI=1S/C23H24N4O3/c1-26-13-6-14-27(23-22(26)24-17-7-4-5-8-18(17)25-23)21(28)12-10-16-9-11-19(29-2)20(15-16)30-3/h4-5,7-12,15H,6,13-14H2,1-3H3/b12-10+. The molecule has 0 saturated heterocycles. The lowest BCUT2D eigenvalue weighted by atomic mass is 10.2. The van der Waals surface area contributed by atoms with Gasteiger partial charge in [-0.3, -0.25) is 9.69 Å². The van der Waals surface area contributed by atoms with E-state index in [1.807, 2.05) is 49.5 Å². The van der Waals surface area contributed by atoms with Crippen molar-refractivity contribution < 1.29 is 14.3 Å². The fourth-order valence-corrected chi connectivity index (χ4v) is 3.52. The summed E-state index contributed by atoms with van der Waals surface area (Å²) in [4.78, 5) is 26.4. The van der Waals surface area contributed by atoms with Crippen molar-refractivity contribution in [3.63, 3.8) is 0 Å². The Hall–Kier alpha value is -3.61. The first-order chi connectivity index (χ1) is 14.6. The van der Waals surface area contributed by atoms with E-state index in [9.17, 15) is 4.79 Å². The highest BCUT2D eigenvalue weighted by molar-refractivity contribution is 6.05. The van der Waals surface area contributed by atoms with Gasteiger partial charge in [0, 0.05) is 26.2 Å². The van der Waals surface area contributed by atoms with Crippen LogP contribution in [0.1, 0.15) is 12.0 Å². The minimum Gasteiger partial charge on any atom is -0.493 e. The van der Waals surface area contributed by atoms with E-state index in [1.54, 1.807) is 31.3 Å². The van der Waals surface area contributed by atoms with E-state index in [0.717, 1.165) is 35.4 Å². The predicted octanol–water partition coefficient (Wildman–Crippen LogP) is 3.53. The van der Waals surface area contributed by atoms with Crippen LogP contribution in [-0.4, -0.2) is 50.2 Å². The Bertz CT molecular complexity index is 1110. The van der Waals surface area contributed by atoms with Crippen LogP contribution >= 0.6 is 0 Å². The van der Waals surface area contributed by atoms with Gasteiger partial charge in [0.25, 0.3) is 5.91 Å². The molecule has 3 aromatic rings. The number of hydrogen-bond donors (Lipinski definition) is 0. The quantitative estimate of drug-likeness (QED) is 0.620. The maximum absolute atomic E-state index is 13.1. The van der Waals surface area contributed by atoms with Crippen molar-refractivity contribution in [1.29, 1.82) is 0 Å². The van der Waals surface area contributed by atoms with Gasteiger partial charge in [0.1, 0.15) is 0 Å². The lowest BCUT2D eigenvalue weighted by Gasteiger charge is -2.21. The van der Waals surface area contributed by atoms with Gasteiger partial charge in [0.05, 0.1) is 25.3 Å². The number of amides is 1. The van der Waals surface area contributed by atoms with E-state index in [1.165, 1.54) is 0 Å². The number of hydrogen-bond acceptors (Lipinski definition) is 6. The van der Waals surface area contributed by atoms with Crippen LogP contribution in [0.2, 0.25) is 0 Å². The molecule has 2 aromatic carbocycles. The zero-order chi connectivity index (χ0) is 21.1. The van der Waals surface area contributed by atoms with Gasteiger partial charge in [0.2, 0.25) is 0 Å². The zero-order valence-electron chi connectivity index (χ0n) is 17.3. The zero-order valence-corrected chi connectivity index (χ0v) is 17.3. The molecule has 0 bridgehead atoms. The molecule has 7 nitrogen and oxygen atoms in total. The largest absolute Gasteiger partial charge is 0.493 e. The molecule has 1 aromatic heterocycles. The van der Waals surface area contributed by atoms with Crippen molar-refractivity contribution in [1.82, 2.24) is 9.97 Å². The Labute approximate surface area is 175 Å². The van der Waals surface area contributed by atoms with Crippen LogP contribution in [0.4, 0.5) is 11.6 Å². The monoisotopic (exact) mass is 404 g/mol. The molecule has 0 aliphatic carbocycles. The molecule has 1 aliphatic rings. The third-order valence-electron chi connectivity index (χ3n) is 5.12. The highest BCUT2D eigenvalue weighted by atomic mass is 16.5. The summed E-state index contributed by atoms with van der Waals surface area (Å²) in [7, 11) is 5.16.